The van der Waals surface area contributed by atoms with Gasteiger partial charge >= 0.3 is 6.03 Å². The van der Waals surface area contributed by atoms with Gasteiger partial charge in [-0.25, -0.2) is 4.79 Å². The third-order valence-electron chi connectivity index (χ3n) is 11.6. The van der Waals surface area contributed by atoms with Crippen LogP contribution in [0.15, 0.2) is 24.4 Å². The molecule has 304 valence electrons. The molecule has 0 aromatic carbocycles. The lowest BCUT2D eigenvalue weighted by atomic mass is 9.80. The van der Waals surface area contributed by atoms with Gasteiger partial charge < -0.3 is 26.2 Å². The molecule has 1 saturated carbocycles. The van der Waals surface area contributed by atoms with E-state index in [1.54, 1.807) is 24.4 Å². The number of fused-ring (bicyclic) bond motifs is 1. The molecular formula is C41H63N7O7. The van der Waals surface area contributed by atoms with Gasteiger partial charge in [-0.15, -0.1) is 0 Å². The van der Waals surface area contributed by atoms with Crippen LogP contribution in [-0.2, 0) is 35.3 Å². The van der Waals surface area contributed by atoms with Crippen molar-refractivity contribution in [3.05, 3.63) is 30.1 Å². The monoisotopic (exact) mass is 765 g/mol. The fourth-order valence-corrected chi connectivity index (χ4v) is 7.95. The first-order valence-electron chi connectivity index (χ1n) is 19.6. The summed E-state index contributed by atoms with van der Waals surface area (Å²) >= 11 is 0. The fourth-order valence-electron chi connectivity index (χ4n) is 7.95. The largest absolute Gasteiger partial charge is 0.344 e. The Kier molecular flexibility index (Phi) is 12.9. The number of hydrogen-bond donors (Lipinski definition) is 4. The van der Waals surface area contributed by atoms with Gasteiger partial charge in [-0.05, 0) is 52.0 Å². The Labute approximate surface area is 326 Å². The number of likely N-dealkylation sites (tertiary alicyclic amines) is 2. The van der Waals surface area contributed by atoms with Gasteiger partial charge in [0.1, 0.15) is 12.1 Å². The van der Waals surface area contributed by atoms with E-state index in [1.165, 1.54) is 9.80 Å². The molecule has 2 aliphatic heterocycles. The number of carbonyl (C=O) groups is 7. The normalized spacial score (nSPS) is 23.2. The van der Waals surface area contributed by atoms with Crippen LogP contribution in [0.3, 0.4) is 0 Å². The summed E-state index contributed by atoms with van der Waals surface area (Å²) in [7, 11) is 0. The molecule has 1 unspecified atom stereocenters. The second-order valence-corrected chi connectivity index (χ2v) is 19.2. The predicted octanol–water partition coefficient (Wildman–Crippen LogP) is 3.73. The van der Waals surface area contributed by atoms with Crippen LogP contribution < -0.4 is 21.3 Å². The molecule has 0 spiro atoms. The molecule has 1 aliphatic carbocycles. The number of nitrogens with zero attached hydrogens (tertiary/aromatic N) is 3. The molecule has 14 nitrogen and oxygen atoms in total. The minimum Gasteiger partial charge on any atom is -0.344 e. The molecule has 3 aliphatic rings. The van der Waals surface area contributed by atoms with Crippen LogP contribution in [0.1, 0.15) is 114 Å². The summed E-state index contributed by atoms with van der Waals surface area (Å²) in [4.78, 5) is 102. The molecule has 7 amide bonds. The lowest BCUT2D eigenvalue weighted by Crippen LogP contribution is -2.63. The quantitative estimate of drug-likeness (QED) is 0.163. The van der Waals surface area contributed by atoms with Crippen molar-refractivity contribution >= 4 is 41.4 Å². The highest BCUT2D eigenvalue weighted by Crippen LogP contribution is 2.65. The van der Waals surface area contributed by atoms with Gasteiger partial charge in [0.2, 0.25) is 29.4 Å². The van der Waals surface area contributed by atoms with E-state index >= 15 is 0 Å². The van der Waals surface area contributed by atoms with Crippen molar-refractivity contribution in [3.8, 4) is 0 Å². The second kappa shape index (κ2) is 16.4. The lowest BCUT2D eigenvalue weighted by molar-refractivity contribution is -0.153. The number of pyridine rings is 1. The number of rotatable bonds is 14. The predicted molar refractivity (Wildman–Crippen MR) is 207 cm³/mol. The van der Waals surface area contributed by atoms with Crippen molar-refractivity contribution in [2.24, 2.45) is 33.5 Å². The second-order valence-electron chi connectivity index (χ2n) is 19.2. The van der Waals surface area contributed by atoms with E-state index in [-0.39, 0.29) is 61.4 Å². The third-order valence-corrected chi connectivity index (χ3v) is 11.6. The van der Waals surface area contributed by atoms with Crippen LogP contribution in [0.25, 0.3) is 0 Å². The number of amides is 7. The van der Waals surface area contributed by atoms with Crippen molar-refractivity contribution in [1.29, 1.82) is 0 Å². The maximum atomic E-state index is 14.6. The number of carbonyl (C=O) groups excluding carboxylic acids is 7. The Bertz CT molecular complexity index is 1630. The number of piperidine rings is 2. The maximum absolute atomic E-state index is 14.6. The molecule has 4 N–H and O–H groups in total. The zero-order chi connectivity index (χ0) is 41.3. The molecule has 6 atom stereocenters. The minimum atomic E-state index is -1.09. The summed E-state index contributed by atoms with van der Waals surface area (Å²) in [6.07, 6.45) is 3.61. The van der Waals surface area contributed by atoms with Crippen LogP contribution in [0, 0.1) is 33.5 Å². The van der Waals surface area contributed by atoms with Crippen LogP contribution in [0.2, 0.25) is 0 Å². The number of urea groups is 1. The van der Waals surface area contributed by atoms with Gasteiger partial charge in [0.15, 0.2) is 0 Å². The maximum Gasteiger partial charge on any atom is 0.315 e. The van der Waals surface area contributed by atoms with Gasteiger partial charge in [0.25, 0.3) is 5.91 Å². The molecule has 55 heavy (non-hydrogen) atoms. The summed E-state index contributed by atoms with van der Waals surface area (Å²) in [5, 5.41) is 11.3. The molecular weight excluding hydrogens is 702 g/mol. The van der Waals surface area contributed by atoms with E-state index in [0.717, 1.165) is 6.42 Å². The number of nitrogens with one attached hydrogen (secondary N) is 4. The molecule has 0 radical (unpaired) electrons. The molecule has 3 heterocycles. The first kappa shape index (κ1) is 43.4. The molecule has 1 aromatic heterocycles. The Morgan fingerprint density at radius 2 is 1.55 bits per heavy atom. The van der Waals surface area contributed by atoms with Gasteiger partial charge in [-0.1, -0.05) is 95.1 Å². The summed E-state index contributed by atoms with van der Waals surface area (Å²) in [6.45, 7) is 21.3. The van der Waals surface area contributed by atoms with Crippen molar-refractivity contribution in [3.63, 3.8) is 0 Å². The minimum absolute atomic E-state index is 0.00923. The molecule has 0 bridgehead atoms. The Morgan fingerprint density at radius 1 is 0.909 bits per heavy atom. The van der Waals surface area contributed by atoms with Gasteiger partial charge in [0, 0.05) is 32.1 Å². The average molecular weight is 766 g/mol. The molecule has 1 aromatic rings. The number of imide groups is 1. The number of unbranched alkanes of at least 4 members (excludes halogenated alkanes) is 1. The van der Waals surface area contributed by atoms with Crippen LogP contribution >= 0.6 is 0 Å². The van der Waals surface area contributed by atoms with Crippen molar-refractivity contribution in [2.75, 3.05) is 13.1 Å². The number of ketones is 1. The highest BCUT2D eigenvalue weighted by atomic mass is 16.2. The Morgan fingerprint density at radius 3 is 2.09 bits per heavy atom. The van der Waals surface area contributed by atoms with E-state index in [9.17, 15) is 33.6 Å². The molecule has 14 heteroatoms. The van der Waals surface area contributed by atoms with E-state index in [2.05, 4.69) is 26.3 Å². The zero-order valence-corrected chi connectivity index (χ0v) is 34.6. The van der Waals surface area contributed by atoms with E-state index in [0.29, 0.717) is 18.7 Å². The van der Waals surface area contributed by atoms with Gasteiger partial charge in [0.05, 0.1) is 24.3 Å². The summed E-state index contributed by atoms with van der Waals surface area (Å²) in [6, 6.07) is 0.922. The van der Waals surface area contributed by atoms with E-state index in [4.69, 9.17) is 0 Å². The standard InChI is InChI=1S/C41H63N7O7/c1-12-13-17-26(32(51)35(53)43-21-24-16-14-15-18-42-24)44-34(52)31-30-25(41(30,10)11)22-48(31)36(54)33(39(5,6)7)46-37(55)45-27(38(2,3)4)23-47-28(49)19-40(8,9)20-29(47)50/h14-16,18,25-27,30-31,33H,12-13,17,19-23H2,1-11H3,(H,43,53)(H,44,52)(H2,45,46,55)/t25-,26?,27-,30-,31-,33+/m0/s1. The molecule has 2 saturated heterocycles. The first-order chi connectivity index (χ1) is 25.4. The van der Waals surface area contributed by atoms with Gasteiger partial charge in [-0.2, -0.15) is 0 Å². The first-order valence-corrected chi connectivity index (χ1v) is 19.6. The smallest absolute Gasteiger partial charge is 0.315 e. The molecule has 3 fully saturated rings. The van der Waals surface area contributed by atoms with E-state index < -0.39 is 69.9 Å². The number of hydrogen-bond acceptors (Lipinski definition) is 8. The summed E-state index contributed by atoms with van der Waals surface area (Å²) in [5.74, 6) is -3.27. The van der Waals surface area contributed by atoms with Crippen LogP contribution in [0.4, 0.5) is 4.79 Å². The van der Waals surface area contributed by atoms with Crippen molar-refractivity contribution in [2.45, 2.75) is 139 Å². The van der Waals surface area contributed by atoms with Crippen molar-refractivity contribution < 1.29 is 33.6 Å². The van der Waals surface area contributed by atoms with E-state index in [1.807, 2.05) is 76.2 Å². The lowest BCUT2D eigenvalue weighted by Gasteiger charge is -2.40. The Balaban J connectivity index is 1.51. The van der Waals surface area contributed by atoms with Crippen molar-refractivity contribution in [1.82, 2.24) is 36.1 Å². The highest BCUT2D eigenvalue weighted by molar-refractivity contribution is 6.38. The summed E-state index contributed by atoms with van der Waals surface area (Å²) in [5.41, 5.74) is -1.43. The zero-order valence-electron chi connectivity index (χ0n) is 34.6. The van der Waals surface area contributed by atoms with Crippen LogP contribution in [0.5, 0.6) is 0 Å². The SMILES string of the molecule is CCCCC(NC(=O)[C@@H]1[C@@H]2[C@H](CN1C(=O)[C@@H](NC(=O)N[C@@H](CN1C(=O)CC(C)(C)CC1=O)C(C)(C)C)C(C)(C)C)C2(C)C)C(=O)C(=O)NCc1ccccn1. The summed E-state index contributed by atoms with van der Waals surface area (Å²) < 4.78 is 0. The average Bonchev–Trinajstić information content (AvgIpc) is 3.37. The highest BCUT2D eigenvalue weighted by Gasteiger charge is 2.70. The third kappa shape index (κ3) is 10.3. The topological polar surface area (TPSA) is 187 Å². The Hall–Kier alpha value is -4.36. The molecule has 4 rings (SSSR count). The number of aromatic nitrogens is 1. The fraction of sp³-hybridized carbons (Fsp3) is 0.707. The van der Waals surface area contributed by atoms with Crippen LogP contribution in [-0.4, -0.2) is 93.4 Å². The number of Topliss-reactive ketones (excluding diaryl/α,β-unsaturated/α-hetero) is 1. The van der Waals surface area contributed by atoms with Gasteiger partial charge in [-0.3, -0.25) is 38.7 Å².